The summed E-state index contributed by atoms with van der Waals surface area (Å²) in [7, 11) is 0. The lowest BCUT2D eigenvalue weighted by molar-refractivity contribution is -0.154. The van der Waals surface area contributed by atoms with E-state index in [1.165, 1.54) is 6.92 Å². The topological polar surface area (TPSA) is 52.6 Å². The molecule has 0 aromatic rings. The van der Waals surface area contributed by atoms with Crippen molar-refractivity contribution in [1.29, 1.82) is 0 Å². The second kappa shape index (κ2) is 6.42. The molecule has 1 atom stereocenters. The molecule has 0 aromatic carbocycles. The van der Waals surface area contributed by atoms with E-state index in [1.54, 1.807) is 6.92 Å². The molecule has 0 amide bonds. The van der Waals surface area contributed by atoms with Gasteiger partial charge in [0.15, 0.2) is 0 Å². The van der Waals surface area contributed by atoms with Gasteiger partial charge in [-0.2, -0.15) is 0 Å². The van der Waals surface area contributed by atoms with E-state index in [0.717, 1.165) is 0 Å². The minimum atomic E-state index is -0.472. The first-order valence-electron chi connectivity index (χ1n) is 5.68. The van der Waals surface area contributed by atoms with Crippen LogP contribution in [-0.2, 0) is 19.1 Å². The minimum Gasteiger partial charge on any atom is -0.460 e. The Hall–Kier alpha value is -1.32. The van der Waals surface area contributed by atoms with Crippen LogP contribution in [0.4, 0.5) is 0 Å². The summed E-state index contributed by atoms with van der Waals surface area (Å²) in [6.45, 7) is 12.3. The van der Waals surface area contributed by atoms with Crippen LogP contribution in [0, 0.1) is 0 Å². The van der Waals surface area contributed by atoms with Gasteiger partial charge >= 0.3 is 11.9 Å². The highest BCUT2D eigenvalue weighted by Gasteiger charge is 2.17. The number of carbonyl (C=O) groups excluding carboxylic acids is 2. The molecular weight excluding hydrogens is 220 g/mol. The zero-order valence-electron chi connectivity index (χ0n) is 11.3. The molecule has 0 N–H and O–H groups in total. The van der Waals surface area contributed by atoms with Crippen LogP contribution in [0.1, 0.15) is 47.5 Å². The van der Waals surface area contributed by atoms with Crippen molar-refractivity contribution in [3.05, 3.63) is 12.2 Å². The fourth-order valence-electron chi connectivity index (χ4n) is 1.19. The summed E-state index contributed by atoms with van der Waals surface area (Å²) in [4.78, 5) is 22.2. The molecule has 98 valence electrons. The van der Waals surface area contributed by atoms with Crippen molar-refractivity contribution in [3.63, 3.8) is 0 Å². The highest BCUT2D eigenvalue weighted by Crippen LogP contribution is 2.14. The maximum absolute atomic E-state index is 11.4. The highest BCUT2D eigenvalue weighted by molar-refractivity contribution is 5.70. The normalized spacial score (nSPS) is 12.8. The molecular formula is C13H22O4. The molecule has 0 saturated carbocycles. The molecule has 0 spiro atoms. The van der Waals surface area contributed by atoms with Gasteiger partial charge in [0, 0.05) is 13.3 Å². The van der Waals surface area contributed by atoms with E-state index in [9.17, 15) is 9.59 Å². The fraction of sp³-hybridized carbons (Fsp3) is 0.692. The summed E-state index contributed by atoms with van der Waals surface area (Å²) < 4.78 is 10.1. The van der Waals surface area contributed by atoms with Crippen LogP contribution >= 0.6 is 0 Å². The van der Waals surface area contributed by atoms with Crippen molar-refractivity contribution in [2.45, 2.75) is 59.2 Å². The van der Waals surface area contributed by atoms with Gasteiger partial charge in [-0.1, -0.05) is 6.58 Å². The van der Waals surface area contributed by atoms with Crippen molar-refractivity contribution in [2.75, 3.05) is 0 Å². The van der Waals surface area contributed by atoms with Crippen molar-refractivity contribution in [2.24, 2.45) is 0 Å². The molecule has 0 aliphatic carbocycles. The van der Waals surface area contributed by atoms with Gasteiger partial charge in [-0.15, -0.1) is 0 Å². The van der Waals surface area contributed by atoms with Crippen LogP contribution in [0.15, 0.2) is 12.2 Å². The maximum Gasteiger partial charge on any atom is 0.306 e. The first-order valence-corrected chi connectivity index (χ1v) is 5.68. The number of carbonyl (C=O) groups is 2. The molecule has 0 radical (unpaired) electrons. The average Bonchev–Trinajstić information content (AvgIpc) is 2.10. The largest absolute Gasteiger partial charge is 0.460 e. The summed E-state index contributed by atoms with van der Waals surface area (Å²) in [6, 6.07) is 0. The fourth-order valence-corrected chi connectivity index (χ4v) is 1.19. The summed E-state index contributed by atoms with van der Waals surface area (Å²) in [6.07, 6.45) is 0.348. The molecule has 0 aliphatic heterocycles. The van der Waals surface area contributed by atoms with E-state index in [2.05, 4.69) is 6.58 Å². The Labute approximate surface area is 103 Å². The van der Waals surface area contributed by atoms with Gasteiger partial charge in [-0.25, -0.2) is 0 Å². The van der Waals surface area contributed by atoms with E-state index in [4.69, 9.17) is 9.47 Å². The average molecular weight is 242 g/mol. The van der Waals surface area contributed by atoms with E-state index < -0.39 is 5.60 Å². The second-order valence-electron chi connectivity index (χ2n) is 5.00. The molecule has 0 fully saturated rings. The Morgan fingerprint density at radius 3 is 2.18 bits per heavy atom. The molecule has 4 nitrogen and oxygen atoms in total. The van der Waals surface area contributed by atoms with E-state index in [0.29, 0.717) is 12.0 Å². The van der Waals surface area contributed by atoms with Gasteiger partial charge in [-0.3, -0.25) is 9.59 Å². The molecule has 0 aromatic heterocycles. The first kappa shape index (κ1) is 15.7. The Morgan fingerprint density at radius 1 is 1.24 bits per heavy atom. The monoisotopic (exact) mass is 242 g/mol. The van der Waals surface area contributed by atoms with Crippen molar-refractivity contribution < 1.29 is 19.1 Å². The van der Waals surface area contributed by atoms with Crippen LogP contribution < -0.4 is 0 Å². The van der Waals surface area contributed by atoms with Gasteiger partial charge in [0.2, 0.25) is 0 Å². The predicted molar refractivity (Wildman–Crippen MR) is 65.4 cm³/mol. The van der Waals surface area contributed by atoms with Crippen LogP contribution in [0.5, 0.6) is 0 Å². The zero-order chi connectivity index (χ0) is 13.6. The Bertz CT molecular complexity index is 299. The second-order valence-corrected chi connectivity index (χ2v) is 5.00. The summed E-state index contributed by atoms with van der Waals surface area (Å²) in [5.74, 6) is -0.621. The number of hydrogen-bond donors (Lipinski definition) is 0. The van der Waals surface area contributed by atoms with Crippen LogP contribution in [-0.4, -0.2) is 23.6 Å². The molecule has 0 bridgehead atoms. The summed E-state index contributed by atoms with van der Waals surface area (Å²) in [5, 5.41) is 0. The lowest BCUT2D eigenvalue weighted by atomic mass is 10.1. The molecule has 1 unspecified atom stereocenters. The molecule has 4 heteroatoms. The number of hydrogen-bond acceptors (Lipinski definition) is 4. The summed E-state index contributed by atoms with van der Waals surface area (Å²) in [5.41, 5.74) is 0.242. The number of esters is 2. The lowest BCUT2D eigenvalue weighted by Crippen LogP contribution is -2.24. The quantitative estimate of drug-likeness (QED) is 0.549. The van der Waals surface area contributed by atoms with Crippen molar-refractivity contribution in [3.8, 4) is 0 Å². The van der Waals surface area contributed by atoms with E-state index in [-0.39, 0.29) is 24.5 Å². The Kier molecular flexibility index (Phi) is 5.93. The molecule has 0 aliphatic rings. The highest BCUT2D eigenvalue weighted by atomic mass is 16.6. The van der Waals surface area contributed by atoms with Crippen molar-refractivity contribution >= 4 is 11.9 Å². The standard InChI is InChI=1S/C13H22O4/c1-9(10(2)16-11(3)14)7-8-12(15)17-13(4,5)6/h10H,1,7-8H2,2-6H3. The molecule has 17 heavy (non-hydrogen) atoms. The Morgan fingerprint density at radius 2 is 1.76 bits per heavy atom. The SMILES string of the molecule is C=C(CCC(=O)OC(C)(C)C)C(C)OC(C)=O. The third kappa shape index (κ3) is 8.48. The number of ether oxygens (including phenoxy) is 2. The van der Waals surface area contributed by atoms with Gasteiger partial charge in [0.05, 0.1) is 0 Å². The Balaban J connectivity index is 4.00. The van der Waals surface area contributed by atoms with Crippen molar-refractivity contribution in [1.82, 2.24) is 0 Å². The predicted octanol–water partition coefficient (Wildman–Crippen LogP) is 2.62. The molecule has 0 saturated heterocycles. The van der Waals surface area contributed by atoms with Crippen LogP contribution in [0.25, 0.3) is 0 Å². The lowest BCUT2D eigenvalue weighted by Gasteiger charge is -2.20. The first-order chi connectivity index (χ1) is 7.61. The van der Waals surface area contributed by atoms with E-state index in [1.807, 2.05) is 20.8 Å². The zero-order valence-corrected chi connectivity index (χ0v) is 11.3. The third-order valence-electron chi connectivity index (χ3n) is 1.99. The maximum atomic E-state index is 11.4. The van der Waals surface area contributed by atoms with Gasteiger partial charge in [-0.05, 0) is 39.7 Å². The van der Waals surface area contributed by atoms with Crippen LogP contribution in [0.2, 0.25) is 0 Å². The van der Waals surface area contributed by atoms with Gasteiger partial charge in [0.1, 0.15) is 11.7 Å². The number of rotatable bonds is 5. The third-order valence-corrected chi connectivity index (χ3v) is 1.99. The molecule has 0 rings (SSSR count). The smallest absolute Gasteiger partial charge is 0.306 e. The summed E-state index contributed by atoms with van der Waals surface area (Å²) >= 11 is 0. The van der Waals surface area contributed by atoms with Gasteiger partial charge in [0.25, 0.3) is 0 Å². The van der Waals surface area contributed by atoms with Gasteiger partial charge < -0.3 is 9.47 Å². The van der Waals surface area contributed by atoms with Crippen LogP contribution in [0.3, 0.4) is 0 Å². The van der Waals surface area contributed by atoms with E-state index >= 15 is 0 Å². The molecule has 0 heterocycles. The minimum absolute atomic E-state index is 0.252.